The second-order valence-corrected chi connectivity index (χ2v) is 10.3. The maximum atomic E-state index is 12.6. The number of hydrogen-bond acceptors (Lipinski definition) is 17. The smallest absolute Gasteiger partial charge is 0.249 e. The van der Waals surface area contributed by atoms with Gasteiger partial charge in [0.1, 0.15) is 67.1 Å². The number of rotatable bonds is 10. The molecule has 1 amide bonds. The molecule has 1 saturated carbocycles. The molecular weight excluding hydrogens is 542 g/mol. The fourth-order valence-corrected chi connectivity index (χ4v) is 5.07. The average molecular weight is 586 g/mol. The largest absolute Gasteiger partial charge is 0.394 e. The van der Waals surface area contributed by atoms with Crippen LogP contribution in [0.15, 0.2) is 0 Å². The molecular formula is C22H43N5O13. The predicted octanol–water partition coefficient (Wildman–Crippen LogP) is -8.42. The summed E-state index contributed by atoms with van der Waals surface area (Å²) in [4.78, 5) is 12.6. The standard InChI is InChI=1S/C22H43N5O13/c23-2-1-8(29)20(36)27-7-3-6(25)18(39-22-16(34)15(33)13(31)9(4-24)37-22)17(35)19(7)40-21-14(32)11(26)12(30)10(5-28)38-21/h6-19,21-22,28-35H,1-5,23-26H2,(H,27,36)/t6-,7-,8+,9-,10-,11-,12+,13-,14-,15-,16+,17-,18+,19+,21-,22-/m1/s1. The highest BCUT2D eigenvalue weighted by Gasteiger charge is 2.52. The molecule has 18 heteroatoms. The highest BCUT2D eigenvalue weighted by atomic mass is 16.7. The van der Waals surface area contributed by atoms with Gasteiger partial charge in [0.2, 0.25) is 5.91 Å². The summed E-state index contributed by atoms with van der Waals surface area (Å²) in [7, 11) is 0. The van der Waals surface area contributed by atoms with E-state index in [1.807, 2.05) is 0 Å². The molecule has 0 unspecified atom stereocenters. The van der Waals surface area contributed by atoms with E-state index in [9.17, 15) is 45.6 Å². The molecule has 3 aliphatic rings. The van der Waals surface area contributed by atoms with Crippen LogP contribution < -0.4 is 28.3 Å². The third-order valence-corrected chi connectivity index (χ3v) is 7.51. The Morgan fingerprint density at radius 2 is 1.45 bits per heavy atom. The van der Waals surface area contributed by atoms with Crippen LogP contribution in [0.2, 0.25) is 0 Å². The Labute approximate surface area is 229 Å². The fraction of sp³-hybridized carbons (Fsp3) is 0.955. The van der Waals surface area contributed by atoms with Crippen molar-refractivity contribution in [2.45, 2.75) is 111 Å². The van der Waals surface area contributed by atoms with E-state index in [0.29, 0.717) is 0 Å². The van der Waals surface area contributed by atoms with E-state index >= 15 is 0 Å². The van der Waals surface area contributed by atoms with Crippen molar-refractivity contribution in [3.05, 3.63) is 0 Å². The second kappa shape index (κ2) is 14.3. The molecule has 2 aliphatic heterocycles. The van der Waals surface area contributed by atoms with Gasteiger partial charge < -0.3 is 88.1 Å². The van der Waals surface area contributed by atoms with Crippen LogP contribution in [0.5, 0.6) is 0 Å². The van der Waals surface area contributed by atoms with Gasteiger partial charge in [-0.2, -0.15) is 0 Å². The molecule has 17 N–H and O–H groups in total. The van der Waals surface area contributed by atoms with Crippen molar-refractivity contribution in [2.24, 2.45) is 22.9 Å². The van der Waals surface area contributed by atoms with Crippen LogP contribution in [-0.2, 0) is 23.7 Å². The van der Waals surface area contributed by atoms with Crippen LogP contribution in [0.25, 0.3) is 0 Å². The first-order valence-electron chi connectivity index (χ1n) is 13.1. The Kier molecular flexibility index (Phi) is 11.9. The molecule has 1 aliphatic carbocycles. The Hall–Kier alpha value is -1.17. The zero-order chi connectivity index (χ0) is 29.9. The van der Waals surface area contributed by atoms with Gasteiger partial charge in [0.25, 0.3) is 0 Å². The molecule has 234 valence electrons. The Bertz CT molecular complexity index is 815. The van der Waals surface area contributed by atoms with Crippen LogP contribution in [0, 0.1) is 0 Å². The second-order valence-electron chi connectivity index (χ2n) is 10.3. The number of ether oxygens (including phenoxy) is 4. The lowest BCUT2D eigenvalue weighted by Crippen LogP contribution is -2.69. The molecule has 2 heterocycles. The van der Waals surface area contributed by atoms with E-state index < -0.39 is 110 Å². The van der Waals surface area contributed by atoms with E-state index in [1.54, 1.807) is 0 Å². The van der Waals surface area contributed by atoms with Crippen molar-refractivity contribution >= 4 is 5.91 Å². The number of hydrogen-bond donors (Lipinski definition) is 13. The van der Waals surface area contributed by atoms with Gasteiger partial charge in [-0.25, -0.2) is 0 Å². The third kappa shape index (κ3) is 7.06. The van der Waals surface area contributed by atoms with Gasteiger partial charge in [0, 0.05) is 12.6 Å². The van der Waals surface area contributed by atoms with Gasteiger partial charge in [-0.1, -0.05) is 0 Å². The molecule has 16 atom stereocenters. The Balaban J connectivity index is 1.85. The van der Waals surface area contributed by atoms with Crippen molar-refractivity contribution in [2.75, 3.05) is 19.7 Å². The molecule has 18 nitrogen and oxygen atoms in total. The molecule has 0 aromatic heterocycles. The molecule has 40 heavy (non-hydrogen) atoms. The monoisotopic (exact) mass is 585 g/mol. The van der Waals surface area contributed by atoms with Crippen molar-refractivity contribution in [1.82, 2.24) is 5.32 Å². The first kappa shape index (κ1) is 33.3. The molecule has 0 radical (unpaired) electrons. The van der Waals surface area contributed by atoms with Crippen LogP contribution in [0.1, 0.15) is 12.8 Å². The minimum Gasteiger partial charge on any atom is -0.394 e. The minimum absolute atomic E-state index is 0.0101. The van der Waals surface area contributed by atoms with E-state index in [2.05, 4.69) is 5.32 Å². The predicted molar refractivity (Wildman–Crippen MR) is 131 cm³/mol. The topological polar surface area (TPSA) is 332 Å². The quantitative estimate of drug-likeness (QED) is 0.113. The number of carbonyl (C=O) groups excluding carboxylic acids is 1. The molecule has 3 rings (SSSR count). The summed E-state index contributed by atoms with van der Waals surface area (Å²) in [5.41, 5.74) is 23.1. The van der Waals surface area contributed by atoms with E-state index in [4.69, 9.17) is 41.9 Å². The van der Waals surface area contributed by atoms with Crippen LogP contribution in [0.3, 0.4) is 0 Å². The van der Waals surface area contributed by atoms with Crippen molar-refractivity contribution in [3.63, 3.8) is 0 Å². The lowest BCUT2D eigenvalue weighted by atomic mass is 9.83. The minimum atomic E-state index is -1.76. The molecule has 0 bridgehead atoms. The average Bonchev–Trinajstić information content (AvgIpc) is 2.92. The Morgan fingerprint density at radius 1 is 0.850 bits per heavy atom. The SMILES string of the molecule is NCC[C@H](O)C(=O)N[C@@H]1C[C@@H](N)[C@H](O[C@H]2O[C@H](CN)[C@@H](O)[C@@H](O)[C@@H]2O)[C@@H](O)[C@H]1O[C@H]1O[C@H](CO)[C@H](O)[C@@H](N)[C@H]1O. The summed E-state index contributed by atoms with van der Waals surface area (Å²) < 4.78 is 22.5. The lowest BCUT2D eigenvalue weighted by Gasteiger charge is -2.49. The van der Waals surface area contributed by atoms with E-state index in [0.717, 1.165) is 0 Å². The maximum absolute atomic E-state index is 12.6. The molecule has 3 fully saturated rings. The molecule has 0 aromatic carbocycles. The summed E-state index contributed by atoms with van der Waals surface area (Å²) in [5, 5.41) is 84.9. The van der Waals surface area contributed by atoms with Crippen molar-refractivity contribution in [1.29, 1.82) is 0 Å². The first-order chi connectivity index (χ1) is 18.9. The number of nitrogens with two attached hydrogens (primary N) is 4. The zero-order valence-corrected chi connectivity index (χ0v) is 21.7. The third-order valence-electron chi connectivity index (χ3n) is 7.51. The van der Waals surface area contributed by atoms with E-state index in [-0.39, 0.29) is 25.9 Å². The van der Waals surface area contributed by atoms with Crippen LogP contribution >= 0.6 is 0 Å². The number of nitrogens with one attached hydrogen (secondary N) is 1. The zero-order valence-electron chi connectivity index (χ0n) is 21.7. The van der Waals surface area contributed by atoms with Gasteiger partial charge in [-0.05, 0) is 19.4 Å². The first-order valence-corrected chi connectivity index (χ1v) is 13.1. The van der Waals surface area contributed by atoms with Crippen molar-refractivity contribution in [3.8, 4) is 0 Å². The molecule has 2 saturated heterocycles. The normalized spacial score (nSPS) is 47.0. The number of aliphatic hydroxyl groups is 8. The summed E-state index contributed by atoms with van der Waals surface area (Å²) in [6.07, 6.45) is -19.8. The summed E-state index contributed by atoms with van der Waals surface area (Å²) in [6.45, 7) is -0.898. The van der Waals surface area contributed by atoms with Gasteiger partial charge >= 0.3 is 0 Å². The Morgan fingerprint density at radius 3 is 2.05 bits per heavy atom. The fourth-order valence-electron chi connectivity index (χ4n) is 5.07. The van der Waals surface area contributed by atoms with Crippen LogP contribution in [0.4, 0.5) is 0 Å². The van der Waals surface area contributed by atoms with Crippen molar-refractivity contribution < 1.29 is 64.6 Å². The summed E-state index contributed by atoms with van der Waals surface area (Å²) >= 11 is 0. The highest BCUT2D eigenvalue weighted by Crippen LogP contribution is 2.32. The summed E-state index contributed by atoms with van der Waals surface area (Å²) in [6, 6.07) is -3.45. The number of carbonyl (C=O) groups is 1. The number of aliphatic hydroxyl groups excluding tert-OH is 8. The molecule has 0 aromatic rings. The maximum Gasteiger partial charge on any atom is 0.249 e. The van der Waals surface area contributed by atoms with Gasteiger partial charge in [0.15, 0.2) is 12.6 Å². The number of amides is 1. The van der Waals surface area contributed by atoms with Gasteiger partial charge in [-0.3, -0.25) is 4.79 Å². The molecule has 0 spiro atoms. The highest BCUT2D eigenvalue weighted by molar-refractivity contribution is 5.80. The lowest BCUT2D eigenvalue weighted by molar-refractivity contribution is -0.332. The van der Waals surface area contributed by atoms with Gasteiger partial charge in [-0.15, -0.1) is 0 Å². The summed E-state index contributed by atoms with van der Waals surface area (Å²) in [5.74, 6) is -0.845. The van der Waals surface area contributed by atoms with Gasteiger partial charge in [0.05, 0.1) is 18.7 Å². The van der Waals surface area contributed by atoms with E-state index in [1.165, 1.54) is 0 Å². The van der Waals surface area contributed by atoms with Crippen LogP contribution in [-0.4, -0.2) is 164 Å².